The fraction of sp³-hybridized carbons (Fsp3) is 0.619. The van der Waals surface area contributed by atoms with Crippen molar-refractivity contribution in [2.75, 3.05) is 38.0 Å². The summed E-state index contributed by atoms with van der Waals surface area (Å²) in [5.74, 6) is 0.422. The van der Waals surface area contributed by atoms with Gasteiger partial charge in [-0.15, -0.1) is 0 Å². The molecule has 0 unspecified atom stereocenters. The molecule has 0 saturated carbocycles. The summed E-state index contributed by atoms with van der Waals surface area (Å²) >= 11 is 6.11. The van der Waals surface area contributed by atoms with Crippen LogP contribution in [0.4, 0.5) is 5.69 Å². The molecular formula is C21H30ClN3O2. The van der Waals surface area contributed by atoms with Gasteiger partial charge in [-0.25, -0.2) is 0 Å². The van der Waals surface area contributed by atoms with Crippen molar-refractivity contribution in [3.63, 3.8) is 0 Å². The Morgan fingerprint density at radius 2 is 1.74 bits per heavy atom. The Kier molecular flexibility index (Phi) is 7.13. The molecule has 2 heterocycles. The highest BCUT2D eigenvalue weighted by Gasteiger charge is 2.29. The number of benzene rings is 1. The third-order valence-electron chi connectivity index (χ3n) is 5.76. The number of nitrogens with one attached hydrogen (secondary N) is 1. The number of hydrogen-bond acceptors (Lipinski definition) is 3. The van der Waals surface area contributed by atoms with E-state index in [4.69, 9.17) is 11.6 Å². The SMILES string of the molecule is Cc1c(Cl)cccc1NC(=O)CN1CCC(C(=O)N2CCCCCC2)CC1. The summed E-state index contributed by atoms with van der Waals surface area (Å²) in [7, 11) is 0. The van der Waals surface area contributed by atoms with E-state index in [9.17, 15) is 9.59 Å². The third-order valence-corrected chi connectivity index (χ3v) is 6.17. The third kappa shape index (κ3) is 5.45. The summed E-state index contributed by atoms with van der Waals surface area (Å²) in [6, 6.07) is 5.52. The number of carbonyl (C=O) groups excluding carboxylic acids is 2. The number of piperidine rings is 1. The van der Waals surface area contributed by atoms with Gasteiger partial charge >= 0.3 is 0 Å². The average molecular weight is 392 g/mol. The minimum atomic E-state index is -0.0299. The quantitative estimate of drug-likeness (QED) is 0.851. The Morgan fingerprint density at radius 1 is 1.07 bits per heavy atom. The molecule has 0 radical (unpaired) electrons. The highest BCUT2D eigenvalue weighted by atomic mass is 35.5. The Labute approximate surface area is 167 Å². The van der Waals surface area contributed by atoms with Crippen molar-refractivity contribution in [1.82, 2.24) is 9.80 Å². The van der Waals surface area contributed by atoms with Crippen molar-refractivity contribution in [3.8, 4) is 0 Å². The Balaban J connectivity index is 1.45. The summed E-state index contributed by atoms with van der Waals surface area (Å²) in [5.41, 5.74) is 1.65. The minimum Gasteiger partial charge on any atom is -0.342 e. The van der Waals surface area contributed by atoms with Crippen LogP contribution in [0.5, 0.6) is 0 Å². The number of rotatable bonds is 4. The lowest BCUT2D eigenvalue weighted by atomic mass is 9.95. The zero-order valence-corrected chi connectivity index (χ0v) is 16.9. The van der Waals surface area contributed by atoms with Gasteiger partial charge in [0.1, 0.15) is 0 Å². The molecule has 0 bridgehead atoms. The van der Waals surface area contributed by atoms with Gasteiger partial charge in [-0.3, -0.25) is 14.5 Å². The van der Waals surface area contributed by atoms with Crippen molar-refractivity contribution in [2.45, 2.75) is 45.4 Å². The Morgan fingerprint density at radius 3 is 2.41 bits per heavy atom. The minimum absolute atomic E-state index is 0.0299. The van der Waals surface area contributed by atoms with E-state index in [1.165, 1.54) is 12.8 Å². The summed E-state index contributed by atoms with van der Waals surface area (Å²) < 4.78 is 0. The first-order valence-electron chi connectivity index (χ1n) is 10.1. The molecule has 5 nitrogen and oxygen atoms in total. The van der Waals surface area contributed by atoms with Gasteiger partial charge in [-0.1, -0.05) is 30.5 Å². The van der Waals surface area contributed by atoms with Crippen LogP contribution in [0.25, 0.3) is 0 Å². The Hall–Kier alpha value is -1.59. The standard InChI is InChI=1S/C21H30ClN3O2/c1-16-18(22)7-6-8-19(16)23-20(26)15-24-13-9-17(10-14-24)21(27)25-11-4-2-3-5-12-25/h6-8,17H,2-5,9-15H2,1H3,(H,23,26). The maximum Gasteiger partial charge on any atom is 0.238 e. The molecule has 1 N–H and O–H groups in total. The largest absolute Gasteiger partial charge is 0.342 e. The number of amides is 2. The second-order valence-corrected chi connectivity index (χ2v) is 8.16. The van der Waals surface area contributed by atoms with Gasteiger partial charge in [0.05, 0.1) is 6.54 Å². The predicted molar refractivity (Wildman–Crippen MR) is 109 cm³/mol. The number of likely N-dealkylation sites (tertiary alicyclic amines) is 2. The Bertz CT molecular complexity index is 663. The van der Waals surface area contributed by atoms with E-state index in [1.54, 1.807) is 0 Å². The van der Waals surface area contributed by atoms with Gasteiger partial charge in [0, 0.05) is 29.7 Å². The number of nitrogens with zero attached hydrogens (tertiary/aromatic N) is 2. The molecule has 148 valence electrons. The molecule has 0 aliphatic carbocycles. The number of halogens is 1. The summed E-state index contributed by atoms with van der Waals surface area (Å²) in [4.78, 5) is 29.3. The monoisotopic (exact) mass is 391 g/mol. The second-order valence-electron chi connectivity index (χ2n) is 7.75. The molecule has 1 aromatic rings. The molecule has 27 heavy (non-hydrogen) atoms. The van der Waals surface area contributed by atoms with E-state index < -0.39 is 0 Å². The highest BCUT2D eigenvalue weighted by molar-refractivity contribution is 6.31. The average Bonchev–Trinajstić information content (AvgIpc) is 2.95. The van der Waals surface area contributed by atoms with Crippen LogP contribution in [0.15, 0.2) is 18.2 Å². The second kappa shape index (κ2) is 9.56. The first kappa shape index (κ1) is 20.2. The molecule has 2 saturated heterocycles. The molecule has 0 aromatic heterocycles. The maximum absolute atomic E-state index is 12.8. The first-order chi connectivity index (χ1) is 13.0. The van der Waals surface area contributed by atoms with Crippen molar-refractivity contribution < 1.29 is 9.59 Å². The van der Waals surface area contributed by atoms with Crippen LogP contribution in [-0.2, 0) is 9.59 Å². The van der Waals surface area contributed by atoms with Gasteiger partial charge in [0.2, 0.25) is 11.8 Å². The van der Waals surface area contributed by atoms with Crippen LogP contribution in [0.2, 0.25) is 5.02 Å². The zero-order chi connectivity index (χ0) is 19.2. The van der Waals surface area contributed by atoms with Crippen LogP contribution >= 0.6 is 11.6 Å². The van der Waals surface area contributed by atoms with Crippen molar-refractivity contribution in [2.24, 2.45) is 5.92 Å². The van der Waals surface area contributed by atoms with Crippen LogP contribution < -0.4 is 5.32 Å². The van der Waals surface area contributed by atoms with E-state index in [0.29, 0.717) is 17.5 Å². The lowest BCUT2D eigenvalue weighted by Gasteiger charge is -2.33. The van der Waals surface area contributed by atoms with E-state index >= 15 is 0 Å². The van der Waals surface area contributed by atoms with E-state index in [0.717, 1.165) is 63.1 Å². The molecule has 6 heteroatoms. The molecule has 2 amide bonds. The molecule has 0 spiro atoms. The number of hydrogen-bond donors (Lipinski definition) is 1. The fourth-order valence-electron chi connectivity index (χ4n) is 4.02. The van der Waals surface area contributed by atoms with Crippen LogP contribution in [0, 0.1) is 12.8 Å². The molecule has 0 atom stereocenters. The molecule has 3 rings (SSSR count). The first-order valence-corrected chi connectivity index (χ1v) is 10.5. The fourth-order valence-corrected chi connectivity index (χ4v) is 4.20. The topological polar surface area (TPSA) is 52.7 Å². The predicted octanol–water partition coefficient (Wildman–Crippen LogP) is 3.70. The summed E-state index contributed by atoms with van der Waals surface area (Å²) in [6.07, 6.45) is 6.44. The van der Waals surface area contributed by atoms with Gasteiger partial charge < -0.3 is 10.2 Å². The van der Waals surface area contributed by atoms with Crippen LogP contribution in [0.3, 0.4) is 0 Å². The molecule has 2 aliphatic heterocycles. The van der Waals surface area contributed by atoms with Crippen molar-refractivity contribution in [3.05, 3.63) is 28.8 Å². The smallest absolute Gasteiger partial charge is 0.238 e. The molecule has 2 fully saturated rings. The number of carbonyl (C=O) groups is 2. The van der Waals surface area contributed by atoms with E-state index in [-0.39, 0.29) is 11.8 Å². The van der Waals surface area contributed by atoms with E-state index in [2.05, 4.69) is 15.1 Å². The lowest BCUT2D eigenvalue weighted by molar-refractivity contribution is -0.137. The summed E-state index contributed by atoms with van der Waals surface area (Å²) in [6.45, 7) is 5.69. The molecule has 2 aliphatic rings. The van der Waals surface area contributed by atoms with Gasteiger partial charge in [0.15, 0.2) is 0 Å². The van der Waals surface area contributed by atoms with Crippen molar-refractivity contribution in [1.29, 1.82) is 0 Å². The van der Waals surface area contributed by atoms with Gasteiger partial charge in [-0.05, 0) is 63.4 Å². The van der Waals surface area contributed by atoms with Gasteiger partial charge in [-0.2, -0.15) is 0 Å². The van der Waals surface area contributed by atoms with Crippen LogP contribution in [-0.4, -0.2) is 54.3 Å². The normalized spacial score (nSPS) is 19.6. The summed E-state index contributed by atoms with van der Waals surface area (Å²) in [5, 5.41) is 3.60. The maximum atomic E-state index is 12.8. The van der Waals surface area contributed by atoms with Gasteiger partial charge in [0.25, 0.3) is 0 Å². The highest BCUT2D eigenvalue weighted by Crippen LogP contribution is 2.24. The zero-order valence-electron chi connectivity index (χ0n) is 16.2. The van der Waals surface area contributed by atoms with E-state index in [1.807, 2.05) is 25.1 Å². The van der Waals surface area contributed by atoms with Crippen molar-refractivity contribution >= 4 is 29.1 Å². The van der Waals surface area contributed by atoms with Crippen LogP contribution in [0.1, 0.15) is 44.1 Å². The number of anilines is 1. The lowest BCUT2D eigenvalue weighted by Crippen LogP contribution is -2.44. The molecule has 1 aromatic carbocycles. The molecular weight excluding hydrogens is 362 g/mol.